The van der Waals surface area contributed by atoms with E-state index >= 15 is 0 Å². The minimum absolute atomic E-state index is 0.00453. The molecular weight excluding hydrogens is 425 g/mol. The smallest absolute Gasteiger partial charge is 0.379 e. The van der Waals surface area contributed by atoms with E-state index in [-0.39, 0.29) is 24.0 Å². The number of amides is 1. The Kier molecular flexibility index (Phi) is 7.21. The van der Waals surface area contributed by atoms with Gasteiger partial charge in [-0.25, -0.2) is 0 Å². The van der Waals surface area contributed by atoms with E-state index in [2.05, 4.69) is 10.3 Å². The molecule has 1 saturated carbocycles. The Labute approximate surface area is 186 Å². The van der Waals surface area contributed by atoms with E-state index in [0.717, 1.165) is 44.6 Å². The number of carbonyl (C=O) groups excluding carboxylic acids is 1. The average Bonchev–Trinajstić information content (AvgIpc) is 3.27. The molecule has 7 nitrogen and oxygen atoms in total. The van der Waals surface area contributed by atoms with Gasteiger partial charge in [-0.1, -0.05) is 0 Å². The highest BCUT2D eigenvalue weighted by molar-refractivity contribution is 5.79. The Balaban J connectivity index is 1.27. The van der Waals surface area contributed by atoms with Crippen molar-refractivity contribution in [3.63, 3.8) is 0 Å². The number of anilines is 1. The second kappa shape index (κ2) is 9.93. The van der Waals surface area contributed by atoms with Gasteiger partial charge in [0.05, 0.1) is 30.2 Å². The fraction of sp³-hybridized carbons (Fsp3) is 0.727. The molecule has 1 aliphatic carbocycles. The SMILES string of the molecule is COC1COCCC1NC1CCC(C(=O)N2CCN(c3cncc(C(F)(F)F)c3)CC2)C1. The van der Waals surface area contributed by atoms with Crippen LogP contribution in [-0.4, -0.2) is 80.5 Å². The molecule has 0 bridgehead atoms. The second-order valence-corrected chi connectivity index (χ2v) is 8.86. The summed E-state index contributed by atoms with van der Waals surface area (Å²) in [4.78, 5) is 20.5. The lowest BCUT2D eigenvalue weighted by Crippen LogP contribution is -2.51. The lowest BCUT2D eigenvalue weighted by Gasteiger charge is -2.37. The molecule has 178 valence electrons. The summed E-state index contributed by atoms with van der Waals surface area (Å²) >= 11 is 0. The Bertz CT molecular complexity index is 786. The number of pyridine rings is 1. The van der Waals surface area contributed by atoms with Crippen LogP contribution in [0.15, 0.2) is 18.5 Å². The summed E-state index contributed by atoms with van der Waals surface area (Å²) in [6, 6.07) is 1.67. The number of methoxy groups -OCH3 is 1. The van der Waals surface area contributed by atoms with Gasteiger partial charge in [0, 0.05) is 64.1 Å². The Hall–Kier alpha value is -1.91. The summed E-state index contributed by atoms with van der Waals surface area (Å²) in [7, 11) is 1.70. The molecule has 4 rings (SSSR count). The summed E-state index contributed by atoms with van der Waals surface area (Å²) in [5.74, 6) is 0.154. The molecule has 10 heteroatoms. The predicted molar refractivity (Wildman–Crippen MR) is 112 cm³/mol. The number of piperazine rings is 1. The van der Waals surface area contributed by atoms with Crippen molar-refractivity contribution in [1.29, 1.82) is 0 Å². The lowest BCUT2D eigenvalue weighted by atomic mass is 10.0. The highest BCUT2D eigenvalue weighted by Crippen LogP contribution is 2.32. The zero-order valence-electron chi connectivity index (χ0n) is 18.3. The van der Waals surface area contributed by atoms with Crippen LogP contribution in [0.2, 0.25) is 0 Å². The summed E-state index contributed by atoms with van der Waals surface area (Å²) in [6.07, 6.45) is 1.44. The third-order valence-electron chi connectivity index (χ3n) is 6.85. The van der Waals surface area contributed by atoms with Gasteiger partial charge in [-0.05, 0) is 31.7 Å². The largest absolute Gasteiger partial charge is 0.417 e. The summed E-state index contributed by atoms with van der Waals surface area (Å²) < 4.78 is 49.9. The summed E-state index contributed by atoms with van der Waals surface area (Å²) in [5.41, 5.74) is -0.306. The maximum absolute atomic E-state index is 13.1. The van der Waals surface area contributed by atoms with Crippen molar-refractivity contribution in [2.24, 2.45) is 5.92 Å². The number of nitrogens with one attached hydrogen (secondary N) is 1. The first-order chi connectivity index (χ1) is 15.3. The normalized spacial score (nSPS) is 29.4. The van der Waals surface area contributed by atoms with Gasteiger partial charge in [-0.15, -0.1) is 0 Å². The van der Waals surface area contributed by atoms with Crippen LogP contribution < -0.4 is 10.2 Å². The number of aromatic nitrogens is 1. The molecule has 3 fully saturated rings. The van der Waals surface area contributed by atoms with Gasteiger partial charge in [0.2, 0.25) is 5.91 Å². The highest BCUT2D eigenvalue weighted by atomic mass is 19.4. The number of halogens is 3. The number of carbonyl (C=O) groups is 1. The van der Waals surface area contributed by atoms with E-state index in [9.17, 15) is 18.0 Å². The number of hydrogen-bond donors (Lipinski definition) is 1. The van der Waals surface area contributed by atoms with Gasteiger partial charge in [-0.2, -0.15) is 13.2 Å². The van der Waals surface area contributed by atoms with Gasteiger partial charge in [-0.3, -0.25) is 9.78 Å². The molecule has 0 spiro atoms. The molecule has 1 N–H and O–H groups in total. The Morgan fingerprint density at radius 1 is 1.19 bits per heavy atom. The maximum atomic E-state index is 13.1. The number of ether oxygens (including phenoxy) is 2. The van der Waals surface area contributed by atoms with E-state index < -0.39 is 11.7 Å². The van der Waals surface area contributed by atoms with E-state index in [4.69, 9.17) is 9.47 Å². The molecule has 4 unspecified atom stereocenters. The van der Waals surface area contributed by atoms with Gasteiger partial charge in [0.25, 0.3) is 0 Å². The lowest BCUT2D eigenvalue weighted by molar-refractivity contribution is -0.137. The topological polar surface area (TPSA) is 66.9 Å². The first-order valence-electron chi connectivity index (χ1n) is 11.3. The van der Waals surface area contributed by atoms with E-state index in [1.165, 1.54) is 6.20 Å². The van der Waals surface area contributed by atoms with Crippen LogP contribution in [0.5, 0.6) is 0 Å². The summed E-state index contributed by atoms with van der Waals surface area (Å²) in [5, 5.41) is 3.67. The minimum atomic E-state index is -4.41. The second-order valence-electron chi connectivity index (χ2n) is 8.86. The van der Waals surface area contributed by atoms with Crippen LogP contribution in [0.4, 0.5) is 18.9 Å². The first kappa shape index (κ1) is 23.3. The summed E-state index contributed by atoms with van der Waals surface area (Å²) in [6.45, 7) is 3.33. The van der Waals surface area contributed by atoms with Crippen LogP contribution in [0.3, 0.4) is 0 Å². The fourth-order valence-corrected chi connectivity index (χ4v) is 4.99. The van der Waals surface area contributed by atoms with E-state index in [0.29, 0.717) is 44.5 Å². The zero-order valence-corrected chi connectivity index (χ0v) is 18.3. The van der Waals surface area contributed by atoms with E-state index in [1.807, 2.05) is 9.80 Å². The Morgan fingerprint density at radius 3 is 2.69 bits per heavy atom. The Morgan fingerprint density at radius 2 is 1.97 bits per heavy atom. The third-order valence-corrected chi connectivity index (χ3v) is 6.85. The van der Waals surface area contributed by atoms with Crippen LogP contribution in [0.1, 0.15) is 31.2 Å². The average molecular weight is 457 g/mol. The fourth-order valence-electron chi connectivity index (χ4n) is 4.99. The standard InChI is InChI=1S/C22H31F3N4O3/c1-31-20-14-32-9-4-19(20)27-17-3-2-15(10-17)21(30)29-7-5-28(6-8-29)18-11-16(12-26-13-18)22(23,24)25/h11-13,15,17,19-20,27H,2-10,14H2,1H3. The van der Waals surface area contributed by atoms with Gasteiger partial charge >= 0.3 is 6.18 Å². The third kappa shape index (κ3) is 5.35. The zero-order chi connectivity index (χ0) is 22.7. The predicted octanol–water partition coefficient (Wildman–Crippen LogP) is 2.31. The van der Waals surface area contributed by atoms with Gasteiger partial charge < -0.3 is 24.6 Å². The van der Waals surface area contributed by atoms with Crippen molar-refractivity contribution in [2.75, 3.05) is 51.4 Å². The van der Waals surface area contributed by atoms with E-state index in [1.54, 1.807) is 7.11 Å². The van der Waals surface area contributed by atoms with Crippen LogP contribution in [0, 0.1) is 5.92 Å². The molecule has 2 aliphatic heterocycles. The maximum Gasteiger partial charge on any atom is 0.417 e. The quantitative estimate of drug-likeness (QED) is 0.734. The van der Waals surface area contributed by atoms with Crippen LogP contribution in [0.25, 0.3) is 0 Å². The molecule has 0 aromatic carbocycles. The first-order valence-corrected chi connectivity index (χ1v) is 11.3. The molecular formula is C22H31F3N4O3. The molecule has 1 aromatic heterocycles. The molecule has 4 atom stereocenters. The van der Waals surface area contributed by atoms with Gasteiger partial charge in [0.1, 0.15) is 0 Å². The van der Waals surface area contributed by atoms with Crippen molar-refractivity contribution in [3.8, 4) is 0 Å². The molecule has 0 radical (unpaired) electrons. The van der Waals surface area contributed by atoms with Gasteiger partial charge in [0.15, 0.2) is 0 Å². The van der Waals surface area contributed by atoms with Crippen molar-refractivity contribution in [3.05, 3.63) is 24.0 Å². The van der Waals surface area contributed by atoms with Crippen molar-refractivity contribution < 1.29 is 27.4 Å². The molecule has 2 saturated heterocycles. The molecule has 32 heavy (non-hydrogen) atoms. The number of nitrogens with zero attached hydrogens (tertiary/aromatic N) is 3. The molecule has 3 heterocycles. The van der Waals surface area contributed by atoms with Crippen molar-refractivity contribution >= 4 is 11.6 Å². The van der Waals surface area contributed by atoms with Crippen LogP contribution in [-0.2, 0) is 20.4 Å². The molecule has 1 aromatic rings. The number of hydrogen-bond acceptors (Lipinski definition) is 6. The number of rotatable bonds is 5. The minimum Gasteiger partial charge on any atom is -0.379 e. The monoisotopic (exact) mass is 456 g/mol. The molecule has 3 aliphatic rings. The highest BCUT2D eigenvalue weighted by Gasteiger charge is 2.37. The van der Waals surface area contributed by atoms with Crippen molar-refractivity contribution in [2.45, 2.75) is 50.0 Å². The van der Waals surface area contributed by atoms with Crippen molar-refractivity contribution in [1.82, 2.24) is 15.2 Å². The van der Waals surface area contributed by atoms with Crippen LogP contribution >= 0.6 is 0 Å². The molecule has 1 amide bonds. The number of alkyl halides is 3.